The fourth-order valence-electron chi connectivity index (χ4n) is 2.78. The van der Waals surface area contributed by atoms with Gasteiger partial charge in [-0.15, -0.1) is 0 Å². The van der Waals surface area contributed by atoms with E-state index in [2.05, 4.69) is 6.07 Å². The smallest absolute Gasteiger partial charge is 0.228 e. The third-order valence-electron chi connectivity index (χ3n) is 4.28. The van der Waals surface area contributed by atoms with Crippen molar-refractivity contribution < 1.29 is 9.59 Å². The Kier molecular flexibility index (Phi) is 5.93. The normalized spacial score (nSPS) is 17.2. The van der Waals surface area contributed by atoms with Crippen molar-refractivity contribution in [1.29, 1.82) is 5.26 Å². The van der Waals surface area contributed by atoms with Crippen LogP contribution in [0.15, 0.2) is 24.3 Å². The van der Waals surface area contributed by atoms with Crippen molar-refractivity contribution in [2.75, 3.05) is 40.8 Å². The number of amides is 2. The van der Waals surface area contributed by atoms with Gasteiger partial charge in [-0.1, -0.05) is 12.1 Å². The molecule has 1 unspecified atom stereocenters. The zero-order valence-corrected chi connectivity index (χ0v) is 14.5. The third-order valence-corrected chi connectivity index (χ3v) is 4.28. The maximum absolute atomic E-state index is 12.9. The molecule has 1 aromatic carbocycles. The highest BCUT2D eigenvalue weighted by Crippen LogP contribution is 2.20. The van der Waals surface area contributed by atoms with Gasteiger partial charge in [0.2, 0.25) is 11.8 Å². The Morgan fingerprint density at radius 2 is 1.96 bits per heavy atom. The van der Waals surface area contributed by atoms with E-state index in [1.165, 1.54) is 0 Å². The zero-order valence-electron chi connectivity index (χ0n) is 14.5. The second-order valence-electron chi connectivity index (χ2n) is 6.55. The molecule has 0 bridgehead atoms. The average molecular weight is 328 g/mol. The van der Waals surface area contributed by atoms with Gasteiger partial charge < -0.3 is 14.7 Å². The molecule has 0 spiro atoms. The molecule has 2 amide bonds. The number of hydrogen-bond donors (Lipinski definition) is 0. The van der Waals surface area contributed by atoms with Crippen molar-refractivity contribution in [2.24, 2.45) is 5.92 Å². The molecule has 1 aliphatic rings. The van der Waals surface area contributed by atoms with Crippen molar-refractivity contribution >= 4 is 11.8 Å². The monoisotopic (exact) mass is 328 g/mol. The van der Waals surface area contributed by atoms with Crippen LogP contribution in [-0.4, -0.2) is 67.3 Å². The minimum absolute atomic E-state index is 0.0268. The fourth-order valence-corrected chi connectivity index (χ4v) is 2.78. The first-order chi connectivity index (χ1) is 11.4. The lowest BCUT2D eigenvalue weighted by Crippen LogP contribution is -2.40. The van der Waals surface area contributed by atoms with E-state index in [4.69, 9.17) is 5.26 Å². The SMILES string of the molecule is CN(C)CCN(Cc1ccc(C#N)cc1)C(=O)C1CC(=O)N(C)C1. The lowest BCUT2D eigenvalue weighted by Gasteiger charge is -2.27. The molecule has 128 valence electrons. The molecule has 1 aliphatic heterocycles. The number of nitrogens with zero attached hydrogens (tertiary/aromatic N) is 4. The zero-order chi connectivity index (χ0) is 17.7. The molecular formula is C18H24N4O2. The summed E-state index contributed by atoms with van der Waals surface area (Å²) in [7, 11) is 5.68. The lowest BCUT2D eigenvalue weighted by atomic mass is 10.1. The number of carbonyl (C=O) groups excluding carboxylic acids is 2. The molecule has 6 heteroatoms. The van der Waals surface area contributed by atoms with Gasteiger partial charge in [-0.2, -0.15) is 5.26 Å². The van der Waals surface area contributed by atoms with E-state index < -0.39 is 0 Å². The van der Waals surface area contributed by atoms with Crippen LogP contribution in [-0.2, 0) is 16.1 Å². The van der Waals surface area contributed by atoms with Crippen LogP contribution in [0, 0.1) is 17.2 Å². The van der Waals surface area contributed by atoms with E-state index in [9.17, 15) is 9.59 Å². The molecule has 0 N–H and O–H groups in total. The van der Waals surface area contributed by atoms with Gasteiger partial charge in [0.1, 0.15) is 0 Å². The van der Waals surface area contributed by atoms with Gasteiger partial charge in [0, 0.05) is 39.6 Å². The van der Waals surface area contributed by atoms with Crippen molar-refractivity contribution in [1.82, 2.24) is 14.7 Å². The first-order valence-corrected chi connectivity index (χ1v) is 8.07. The van der Waals surface area contributed by atoms with Gasteiger partial charge in [0.05, 0.1) is 17.6 Å². The van der Waals surface area contributed by atoms with E-state index in [0.717, 1.165) is 12.1 Å². The van der Waals surface area contributed by atoms with E-state index in [-0.39, 0.29) is 17.7 Å². The van der Waals surface area contributed by atoms with Gasteiger partial charge in [0.25, 0.3) is 0 Å². The van der Waals surface area contributed by atoms with Gasteiger partial charge >= 0.3 is 0 Å². The van der Waals surface area contributed by atoms with Crippen LogP contribution in [0.3, 0.4) is 0 Å². The highest BCUT2D eigenvalue weighted by atomic mass is 16.2. The Labute approximate surface area is 143 Å². The minimum atomic E-state index is -0.261. The fraction of sp³-hybridized carbons (Fsp3) is 0.500. The van der Waals surface area contributed by atoms with Crippen molar-refractivity contribution in [3.63, 3.8) is 0 Å². The van der Waals surface area contributed by atoms with Crippen LogP contribution in [0.2, 0.25) is 0 Å². The minimum Gasteiger partial charge on any atom is -0.345 e. The number of nitriles is 1. The average Bonchev–Trinajstić information content (AvgIpc) is 2.90. The lowest BCUT2D eigenvalue weighted by molar-refractivity contribution is -0.136. The molecule has 1 fully saturated rings. The predicted octanol–water partition coefficient (Wildman–Crippen LogP) is 0.927. The standard InChI is InChI=1S/C18H24N4O2/c1-20(2)8-9-22(12-15-6-4-14(11-19)5-7-15)18(24)16-10-17(23)21(3)13-16/h4-7,16H,8-10,12-13H2,1-3H3. The Balaban J connectivity index is 2.09. The van der Waals surface area contributed by atoms with Crippen molar-refractivity contribution in [2.45, 2.75) is 13.0 Å². The topological polar surface area (TPSA) is 67.6 Å². The summed E-state index contributed by atoms with van der Waals surface area (Å²) in [6, 6.07) is 9.37. The van der Waals surface area contributed by atoms with Crippen LogP contribution in [0.25, 0.3) is 0 Å². The molecule has 0 saturated carbocycles. The van der Waals surface area contributed by atoms with Gasteiger partial charge in [-0.05, 0) is 31.8 Å². The molecule has 2 rings (SSSR count). The molecule has 24 heavy (non-hydrogen) atoms. The number of likely N-dealkylation sites (tertiary alicyclic amines) is 1. The number of likely N-dealkylation sites (N-methyl/N-ethyl adjacent to an activating group) is 1. The first kappa shape index (κ1) is 18.0. The first-order valence-electron chi connectivity index (χ1n) is 8.07. The summed E-state index contributed by atoms with van der Waals surface area (Å²) in [5.74, 6) is -0.207. The maximum atomic E-state index is 12.9. The largest absolute Gasteiger partial charge is 0.345 e. The molecule has 0 aliphatic carbocycles. The molecule has 1 heterocycles. The molecule has 6 nitrogen and oxygen atoms in total. The number of carbonyl (C=O) groups is 2. The second-order valence-corrected chi connectivity index (χ2v) is 6.55. The molecule has 1 saturated heterocycles. The van der Waals surface area contributed by atoms with Crippen LogP contribution in [0.1, 0.15) is 17.5 Å². The van der Waals surface area contributed by atoms with Gasteiger partial charge in [0.15, 0.2) is 0 Å². The maximum Gasteiger partial charge on any atom is 0.228 e. The molecule has 1 atom stereocenters. The highest BCUT2D eigenvalue weighted by Gasteiger charge is 2.34. The third kappa shape index (κ3) is 4.56. The van der Waals surface area contributed by atoms with Crippen molar-refractivity contribution in [3.8, 4) is 6.07 Å². The predicted molar refractivity (Wildman–Crippen MR) is 90.9 cm³/mol. The summed E-state index contributed by atoms with van der Waals surface area (Å²) in [6.45, 7) is 2.36. The van der Waals surface area contributed by atoms with Gasteiger partial charge in [-0.3, -0.25) is 9.59 Å². The highest BCUT2D eigenvalue weighted by molar-refractivity contribution is 5.89. The Morgan fingerprint density at radius 1 is 1.29 bits per heavy atom. The van der Waals surface area contributed by atoms with Crippen LogP contribution in [0.5, 0.6) is 0 Å². The van der Waals surface area contributed by atoms with E-state index >= 15 is 0 Å². The van der Waals surface area contributed by atoms with E-state index in [1.807, 2.05) is 36.0 Å². The summed E-state index contributed by atoms with van der Waals surface area (Å²) < 4.78 is 0. The Bertz CT molecular complexity index is 633. The van der Waals surface area contributed by atoms with Crippen molar-refractivity contribution in [3.05, 3.63) is 35.4 Å². The molecular weight excluding hydrogens is 304 g/mol. The number of rotatable bonds is 6. The second kappa shape index (κ2) is 7.93. The van der Waals surface area contributed by atoms with Crippen LogP contribution in [0.4, 0.5) is 0 Å². The van der Waals surface area contributed by atoms with E-state index in [1.54, 1.807) is 24.1 Å². The Morgan fingerprint density at radius 3 is 2.46 bits per heavy atom. The van der Waals surface area contributed by atoms with Gasteiger partial charge in [-0.25, -0.2) is 0 Å². The summed E-state index contributed by atoms with van der Waals surface area (Å²) in [4.78, 5) is 30.0. The summed E-state index contributed by atoms with van der Waals surface area (Å²) >= 11 is 0. The molecule has 0 radical (unpaired) electrons. The Hall–Kier alpha value is -2.39. The summed E-state index contributed by atoms with van der Waals surface area (Å²) in [5, 5.41) is 8.88. The summed E-state index contributed by atoms with van der Waals surface area (Å²) in [6.07, 6.45) is 0.293. The van der Waals surface area contributed by atoms with Crippen LogP contribution < -0.4 is 0 Å². The number of benzene rings is 1. The molecule has 1 aromatic rings. The summed E-state index contributed by atoms with van der Waals surface area (Å²) in [5.41, 5.74) is 1.59. The molecule has 0 aromatic heterocycles. The van der Waals surface area contributed by atoms with E-state index in [0.29, 0.717) is 31.6 Å². The quantitative estimate of drug-likeness (QED) is 0.779. The number of hydrogen-bond acceptors (Lipinski definition) is 4. The van der Waals surface area contributed by atoms with Crippen LogP contribution >= 0.6 is 0 Å².